The summed E-state index contributed by atoms with van der Waals surface area (Å²) in [5.41, 5.74) is 4.19. The topological polar surface area (TPSA) is 184 Å². The molecule has 6 heterocycles. The number of anilines is 3. The van der Waals surface area contributed by atoms with Gasteiger partial charge in [-0.25, -0.2) is 9.78 Å². The highest BCUT2D eigenvalue weighted by molar-refractivity contribution is 6.23. The first kappa shape index (κ1) is 38.3. The summed E-state index contributed by atoms with van der Waals surface area (Å²) in [5, 5.41) is 15.7. The van der Waals surface area contributed by atoms with E-state index in [-0.39, 0.29) is 42.1 Å². The fourth-order valence-electron chi connectivity index (χ4n) is 8.33. The Labute approximate surface area is 335 Å². The van der Waals surface area contributed by atoms with Crippen LogP contribution in [0.5, 0.6) is 5.88 Å². The number of amides is 6. The summed E-state index contributed by atoms with van der Waals surface area (Å²) < 4.78 is 5.92. The van der Waals surface area contributed by atoms with Crippen LogP contribution in [0.4, 0.5) is 21.9 Å². The summed E-state index contributed by atoms with van der Waals surface area (Å²) in [5.74, 6) is -1.56. The monoisotopic (exact) mass is 784 g/mol. The Morgan fingerprint density at radius 2 is 1.76 bits per heavy atom. The molecule has 2 aromatic heterocycles. The Morgan fingerprint density at radius 3 is 2.52 bits per heavy atom. The SMILES string of the molecule is C[C@@H]1CN(c2ccc(C#N)c3ncccc23)[C@@H](C)CN1C(=O)Nc1ccc(OCCCN2CCN(c3ccc4c(c3)C(=O)N([C@@H]3CCC(=O)NC3=O)C4=O)CC2)nc1. The quantitative estimate of drug-likeness (QED) is 0.186. The van der Waals surface area contributed by atoms with Gasteiger partial charge in [-0.2, -0.15) is 5.26 Å². The van der Waals surface area contributed by atoms with Crippen molar-refractivity contribution < 1.29 is 28.7 Å². The number of urea groups is 1. The molecule has 2 N–H and O–H groups in total. The maximum Gasteiger partial charge on any atom is 0.322 e. The first-order valence-corrected chi connectivity index (χ1v) is 19.6. The van der Waals surface area contributed by atoms with E-state index in [1.807, 2.05) is 42.2 Å². The van der Waals surface area contributed by atoms with Crippen LogP contribution in [0.3, 0.4) is 0 Å². The molecule has 16 heteroatoms. The van der Waals surface area contributed by atoms with Crippen LogP contribution >= 0.6 is 0 Å². The van der Waals surface area contributed by atoms with E-state index in [9.17, 15) is 29.2 Å². The van der Waals surface area contributed by atoms with E-state index < -0.39 is 29.7 Å². The van der Waals surface area contributed by atoms with Gasteiger partial charge >= 0.3 is 6.03 Å². The Balaban J connectivity index is 0.769. The fourth-order valence-corrected chi connectivity index (χ4v) is 8.33. The van der Waals surface area contributed by atoms with Crippen molar-refractivity contribution >= 4 is 57.6 Å². The van der Waals surface area contributed by atoms with E-state index in [1.165, 1.54) is 0 Å². The summed E-state index contributed by atoms with van der Waals surface area (Å²) >= 11 is 0. The molecule has 3 saturated heterocycles. The van der Waals surface area contributed by atoms with E-state index in [4.69, 9.17) is 4.74 Å². The number of pyridine rings is 2. The van der Waals surface area contributed by atoms with Gasteiger partial charge in [-0.1, -0.05) is 0 Å². The van der Waals surface area contributed by atoms with Crippen LogP contribution in [0.15, 0.2) is 67.0 Å². The number of imide groups is 2. The molecule has 8 rings (SSSR count). The molecule has 0 saturated carbocycles. The van der Waals surface area contributed by atoms with Gasteiger partial charge in [0.2, 0.25) is 17.7 Å². The van der Waals surface area contributed by atoms with Gasteiger partial charge in [0.25, 0.3) is 11.8 Å². The molecule has 0 aliphatic carbocycles. The van der Waals surface area contributed by atoms with Gasteiger partial charge in [0.05, 0.1) is 40.7 Å². The minimum Gasteiger partial charge on any atom is -0.478 e. The van der Waals surface area contributed by atoms with Gasteiger partial charge < -0.3 is 24.8 Å². The van der Waals surface area contributed by atoms with Crippen molar-refractivity contribution in [1.82, 2.24) is 30.0 Å². The van der Waals surface area contributed by atoms with Crippen molar-refractivity contribution in [3.8, 4) is 11.9 Å². The molecule has 298 valence electrons. The number of carbonyl (C=O) groups excluding carboxylic acids is 5. The zero-order valence-corrected chi connectivity index (χ0v) is 32.4. The predicted octanol–water partition coefficient (Wildman–Crippen LogP) is 3.62. The van der Waals surface area contributed by atoms with Crippen molar-refractivity contribution in [2.24, 2.45) is 0 Å². The van der Waals surface area contributed by atoms with Gasteiger partial charge in [0, 0.05) is 93.3 Å². The lowest BCUT2D eigenvalue weighted by atomic mass is 10.0. The molecule has 3 fully saturated rings. The van der Waals surface area contributed by atoms with Crippen LogP contribution in [-0.4, -0.2) is 125 Å². The number of nitriles is 1. The number of rotatable bonds is 9. The number of ether oxygens (including phenoxy) is 1. The number of nitrogens with one attached hydrogen (secondary N) is 2. The Morgan fingerprint density at radius 1 is 0.948 bits per heavy atom. The number of aromatic nitrogens is 2. The second kappa shape index (κ2) is 16.1. The van der Waals surface area contributed by atoms with Crippen molar-refractivity contribution in [1.29, 1.82) is 5.26 Å². The Bertz CT molecular complexity index is 2320. The van der Waals surface area contributed by atoms with Crippen molar-refractivity contribution in [2.75, 3.05) is 67.5 Å². The third-order valence-electron chi connectivity index (χ3n) is 11.4. The van der Waals surface area contributed by atoms with Crippen LogP contribution in [0.2, 0.25) is 0 Å². The summed E-state index contributed by atoms with van der Waals surface area (Å²) in [7, 11) is 0. The standard InChI is InChI=1S/C42H44N10O6/c1-26-25-51(27(2)24-50(26)34-10-6-28(22-43)38-32(34)5-3-14-44-38)42(57)46-29-7-13-37(45-23-29)58-20-4-15-48-16-18-49(19-17-48)30-8-9-31-33(21-30)41(56)52(40(31)55)35-11-12-36(53)47-39(35)54/h3,5-10,13-14,21,23,26-27,35H,4,11-12,15-20,24-25H2,1-2H3,(H,46,57)(H,47,53,54)/t26-,27+,35+/m0/s1. The molecule has 6 amide bonds. The van der Waals surface area contributed by atoms with Gasteiger partial charge in [-0.05, 0) is 75.2 Å². The smallest absolute Gasteiger partial charge is 0.322 e. The summed E-state index contributed by atoms with van der Waals surface area (Å²) in [6.07, 6.45) is 4.29. The minimum atomic E-state index is -0.987. The van der Waals surface area contributed by atoms with E-state index >= 15 is 0 Å². The number of fused-ring (bicyclic) bond motifs is 2. The third-order valence-corrected chi connectivity index (χ3v) is 11.4. The number of nitrogens with zero attached hydrogens (tertiary/aromatic N) is 8. The largest absolute Gasteiger partial charge is 0.478 e. The first-order chi connectivity index (χ1) is 28.1. The highest BCUT2D eigenvalue weighted by atomic mass is 16.5. The highest BCUT2D eigenvalue weighted by Gasteiger charge is 2.45. The van der Waals surface area contributed by atoms with Gasteiger partial charge in [0.15, 0.2) is 0 Å². The molecule has 0 spiro atoms. The lowest BCUT2D eigenvalue weighted by Gasteiger charge is -2.45. The molecule has 4 aliphatic heterocycles. The maximum absolute atomic E-state index is 13.4. The molecular weight excluding hydrogens is 741 g/mol. The summed E-state index contributed by atoms with van der Waals surface area (Å²) in [6.45, 7) is 9.69. The molecule has 3 atom stereocenters. The molecule has 0 unspecified atom stereocenters. The molecule has 4 aromatic rings. The average molecular weight is 785 g/mol. The first-order valence-electron chi connectivity index (χ1n) is 19.6. The van der Waals surface area contributed by atoms with Crippen molar-refractivity contribution in [3.63, 3.8) is 0 Å². The number of piperazine rings is 2. The van der Waals surface area contributed by atoms with Crippen LogP contribution in [0.25, 0.3) is 10.9 Å². The minimum absolute atomic E-state index is 0.0300. The van der Waals surface area contributed by atoms with Crippen LogP contribution in [-0.2, 0) is 9.59 Å². The summed E-state index contributed by atoms with van der Waals surface area (Å²) in [4.78, 5) is 82.2. The predicted molar refractivity (Wildman–Crippen MR) is 215 cm³/mol. The molecule has 0 bridgehead atoms. The van der Waals surface area contributed by atoms with Gasteiger partial charge in [0.1, 0.15) is 12.1 Å². The zero-order chi connectivity index (χ0) is 40.5. The molecular formula is C42H44N10O6. The van der Waals surface area contributed by atoms with Crippen LogP contribution in [0, 0.1) is 11.3 Å². The Kier molecular flexibility index (Phi) is 10.6. The van der Waals surface area contributed by atoms with Crippen molar-refractivity contribution in [3.05, 3.63) is 83.7 Å². The second-order valence-corrected chi connectivity index (χ2v) is 15.2. The van der Waals surface area contributed by atoms with E-state index in [2.05, 4.69) is 48.3 Å². The number of hydrogen-bond acceptors (Lipinski definition) is 12. The fraction of sp³-hybridized carbons (Fsp3) is 0.381. The zero-order valence-electron chi connectivity index (χ0n) is 32.4. The molecule has 2 aromatic carbocycles. The van der Waals surface area contributed by atoms with Gasteiger partial charge in [-0.3, -0.25) is 39.3 Å². The van der Waals surface area contributed by atoms with E-state index in [1.54, 1.807) is 36.7 Å². The van der Waals surface area contributed by atoms with E-state index in [0.29, 0.717) is 42.3 Å². The molecule has 0 radical (unpaired) electrons. The van der Waals surface area contributed by atoms with Crippen LogP contribution in [0.1, 0.15) is 59.4 Å². The molecule has 16 nitrogen and oxygen atoms in total. The lowest BCUT2D eigenvalue weighted by Crippen LogP contribution is -2.59. The number of benzene rings is 2. The average Bonchev–Trinajstić information content (AvgIpc) is 3.48. The van der Waals surface area contributed by atoms with E-state index in [0.717, 1.165) is 60.8 Å². The van der Waals surface area contributed by atoms with Gasteiger partial charge in [-0.15, -0.1) is 0 Å². The normalized spacial score (nSPS) is 21.2. The second-order valence-electron chi connectivity index (χ2n) is 15.2. The lowest BCUT2D eigenvalue weighted by molar-refractivity contribution is -0.136. The summed E-state index contributed by atoms with van der Waals surface area (Å²) in [6, 6.07) is 17.4. The number of hydrogen-bond donors (Lipinski definition) is 2. The van der Waals surface area contributed by atoms with Crippen LogP contribution < -0.4 is 25.2 Å². The third kappa shape index (κ3) is 7.48. The van der Waals surface area contributed by atoms with Crippen molar-refractivity contribution in [2.45, 2.75) is 51.2 Å². The molecule has 58 heavy (non-hydrogen) atoms. The highest BCUT2D eigenvalue weighted by Crippen LogP contribution is 2.33. The molecule has 4 aliphatic rings. The Hall–Kier alpha value is -6.60. The number of carbonyl (C=O) groups is 5. The maximum atomic E-state index is 13.4. The number of piperidine rings is 1.